The van der Waals surface area contributed by atoms with E-state index in [2.05, 4.69) is 24.1 Å². The molecule has 2 N–H and O–H groups in total. The van der Waals surface area contributed by atoms with E-state index < -0.39 is 11.2 Å². The fourth-order valence-corrected chi connectivity index (χ4v) is 3.22. The number of hydrogen-bond donors (Lipinski definition) is 2. The summed E-state index contributed by atoms with van der Waals surface area (Å²) in [5, 5.41) is 3.41. The highest BCUT2D eigenvalue weighted by molar-refractivity contribution is 5.81. The van der Waals surface area contributed by atoms with Crippen LogP contribution >= 0.6 is 0 Å². The molecular weight excluding hydrogens is 342 g/mol. The molecule has 6 heteroatoms. The first-order valence-electron chi connectivity index (χ1n) is 9.02. The summed E-state index contributed by atoms with van der Waals surface area (Å²) in [7, 11) is 0. The Morgan fingerprint density at radius 2 is 1.70 bits per heavy atom. The van der Waals surface area contributed by atoms with Gasteiger partial charge in [-0.3, -0.25) is 19.1 Å². The van der Waals surface area contributed by atoms with Crippen LogP contribution in [0.3, 0.4) is 0 Å². The van der Waals surface area contributed by atoms with Gasteiger partial charge in [-0.1, -0.05) is 56.3 Å². The van der Waals surface area contributed by atoms with Gasteiger partial charge in [-0.15, -0.1) is 0 Å². The van der Waals surface area contributed by atoms with E-state index in [1.807, 2.05) is 30.3 Å². The van der Waals surface area contributed by atoms with Crippen LogP contribution in [0.15, 0.2) is 64.2 Å². The van der Waals surface area contributed by atoms with Crippen LogP contribution in [0.2, 0.25) is 0 Å². The second-order valence-corrected chi connectivity index (χ2v) is 7.02. The number of carbonyl (C=O) groups excluding carboxylic acids is 1. The summed E-state index contributed by atoms with van der Waals surface area (Å²) in [5.74, 6) is 0.121. The third kappa shape index (κ3) is 4.34. The van der Waals surface area contributed by atoms with Crippen molar-refractivity contribution in [3.05, 3.63) is 81.0 Å². The van der Waals surface area contributed by atoms with Crippen molar-refractivity contribution < 1.29 is 4.79 Å². The van der Waals surface area contributed by atoms with Crippen LogP contribution in [0.5, 0.6) is 0 Å². The number of nitrogens with one attached hydrogen (secondary N) is 2. The average molecular weight is 365 g/mol. The molecule has 2 aromatic carbocycles. The second kappa shape index (κ2) is 8.03. The molecule has 0 aliphatic heterocycles. The average Bonchev–Trinajstić information content (AvgIpc) is 2.65. The third-order valence-corrected chi connectivity index (χ3v) is 4.45. The lowest BCUT2D eigenvalue weighted by Gasteiger charge is -2.21. The summed E-state index contributed by atoms with van der Waals surface area (Å²) in [6, 6.07) is 16.4. The first-order chi connectivity index (χ1) is 13.0. The number of aromatic amines is 1. The minimum atomic E-state index is -0.589. The van der Waals surface area contributed by atoms with Crippen molar-refractivity contribution in [2.24, 2.45) is 5.92 Å². The highest BCUT2D eigenvalue weighted by Gasteiger charge is 2.17. The molecule has 0 bridgehead atoms. The maximum Gasteiger partial charge on any atom is 0.329 e. The zero-order valence-corrected chi connectivity index (χ0v) is 15.4. The first-order valence-corrected chi connectivity index (χ1v) is 9.02. The number of hydrogen-bond acceptors (Lipinski definition) is 3. The van der Waals surface area contributed by atoms with Crippen LogP contribution in [0.4, 0.5) is 0 Å². The Kier molecular flexibility index (Phi) is 5.54. The lowest BCUT2D eigenvalue weighted by atomic mass is 9.97. The molecule has 3 aromatic rings. The van der Waals surface area contributed by atoms with Crippen LogP contribution < -0.4 is 16.6 Å². The molecule has 0 aliphatic carbocycles. The maximum atomic E-state index is 12.7. The van der Waals surface area contributed by atoms with Crippen molar-refractivity contribution in [2.75, 3.05) is 0 Å². The summed E-state index contributed by atoms with van der Waals surface area (Å²) >= 11 is 0. The predicted octanol–water partition coefficient (Wildman–Crippen LogP) is 2.59. The molecule has 1 unspecified atom stereocenters. The SMILES string of the molecule is CC(C)CC(NC(=O)Cn1c(=O)[nH]c(=O)c2ccccc21)c1ccccc1. The van der Waals surface area contributed by atoms with E-state index in [1.54, 1.807) is 24.3 Å². The van der Waals surface area contributed by atoms with Crippen LogP contribution in [0, 0.1) is 5.92 Å². The molecule has 0 saturated carbocycles. The van der Waals surface area contributed by atoms with Crippen LogP contribution in [0.25, 0.3) is 10.9 Å². The Morgan fingerprint density at radius 3 is 2.41 bits per heavy atom. The van der Waals surface area contributed by atoms with Crippen LogP contribution in [0.1, 0.15) is 31.9 Å². The Labute approximate surface area is 156 Å². The molecule has 0 fully saturated rings. The summed E-state index contributed by atoms with van der Waals surface area (Å²) in [5.41, 5.74) is 0.433. The lowest BCUT2D eigenvalue weighted by molar-refractivity contribution is -0.122. The smallest absolute Gasteiger partial charge is 0.329 e. The van der Waals surface area contributed by atoms with Crippen LogP contribution in [-0.2, 0) is 11.3 Å². The fraction of sp³-hybridized carbons (Fsp3) is 0.286. The number of nitrogens with zero attached hydrogens (tertiary/aromatic N) is 1. The zero-order valence-electron chi connectivity index (χ0n) is 15.4. The quantitative estimate of drug-likeness (QED) is 0.704. The van der Waals surface area contributed by atoms with Crippen molar-refractivity contribution in [2.45, 2.75) is 32.9 Å². The van der Waals surface area contributed by atoms with Crippen molar-refractivity contribution in [3.63, 3.8) is 0 Å². The van der Waals surface area contributed by atoms with Gasteiger partial charge in [0, 0.05) is 0 Å². The lowest BCUT2D eigenvalue weighted by Crippen LogP contribution is -2.38. The number of carbonyl (C=O) groups is 1. The van der Waals surface area contributed by atoms with Gasteiger partial charge < -0.3 is 5.32 Å². The Hall–Kier alpha value is -3.15. The Balaban J connectivity index is 1.88. The molecule has 140 valence electrons. The number of fused-ring (bicyclic) bond motifs is 1. The molecule has 1 amide bonds. The van der Waals surface area contributed by atoms with Crippen molar-refractivity contribution in [1.29, 1.82) is 0 Å². The van der Waals surface area contributed by atoms with E-state index in [0.717, 1.165) is 12.0 Å². The van der Waals surface area contributed by atoms with E-state index in [-0.39, 0.29) is 18.5 Å². The summed E-state index contributed by atoms with van der Waals surface area (Å²) < 4.78 is 1.30. The van der Waals surface area contributed by atoms with Gasteiger partial charge >= 0.3 is 5.69 Å². The maximum absolute atomic E-state index is 12.7. The van der Waals surface area contributed by atoms with Gasteiger partial charge in [0.2, 0.25) is 5.91 Å². The molecule has 0 saturated heterocycles. The molecule has 0 spiro atoms. The van der Waals surface area contributed by atoms with Crippen molar-refractivity contribution >= 4 is 16.8 Å². The topological polar surface area (TPSA) is 84.0 Å². The van der Waals surface area contributed by atoms with E-state index in [1.165, 1.54) is 4.57 Å². The summed E-state index contributed by atoms with van der Waals surface area (Å²) in [4.78, 5) is 39.2. The van der Waals surface area contributed by atoms with Gasteiger partial charge in [-0.25, -0.2) is 4.79 Å². The minimum absolute atomic E-state index is 0.136. The highest BCUT2D eigenvalue weighted by Crippen LogP contribution is 2.21. The van der Waals surface area contributed by atoms with Gasteiger partial charge in [-0.2, -0.15) is 0 Å². The molecule has 0 aliphatic rings. The first kappa shape index (κ1) is 18.6. The summed E-state index contributed by atoms with van der Waals surface area (Å²) in [6.45, 7) is 4.04. The van der Waals surface area contributed by atoms with Gasteiger partial charge in [0.1, 0.15) is 6.54 Å². The molecule has 6 nitrogen and oxygen atoms in total. The largest absolute Gasteiger partial charge is 0.348 e. The fourth-order valence-electron chi connectivity index (χ4n) is 3.22. The van der Waals surface area contributed by atoms with E-state index >= 15 is 0 Å². The third-order valence-electron chi connectivity index (χ3n) is 4.45. The van der Waals surface area contributed by atoms with Crippen molar-refractivity contribution in [3.8, 4) is 0 Å². The van der Waals surface area contributed by atoms with E-state index in [0.29, 0.717) is 16.8 Å². The molecule has 1 heterocycles. The zero-order chi connectivity index (χ0) is 19.4. The number of H-pyrrole nitrogens is 1. The number of rotatable bonds is 6. The van der Waals surface area contributed by atoms with E-state index in [4.69, 9.17) is 0 Å². The van der Waals surface area contributed by atoms with Crippen LogP contribution in [-0.4, -0.2) is 15.5 Å². The molecule has 1 atom stereocenters. The monoisotopic (exact) mass is 365 g/mol. The predicted molar refractivity (Wildman–Crippen MR) is 106 cm³/mol. The Morgan fingerprint density at radius 1 is 1.04 bits per heavy atom. The van der Waals surface area contributed by atoms with Crippen molar-refractivity contribution in [1.82, 2.24) is 14.9 Å². The number of amides is 1. The van der Waals surface area contributed by atoms with Gasteiger partial charge in [0.25, 0.3) is 5.56 Å². The van der Waals surface area contributed by atoms with Gasteiger partial charge in [-0.05, 0) is 30.0 Å². The van der Waals surface area contributed by atoms with E-state index in [9.17, 15) is 14.4 Å². The normalized spacial score (nSPS) is 12.3. The number of para-hydroxylation sites is 1. The number of aromatic nitrogens is 2. The standard InChI is InChI=1S/C21H23N3O3/c1-14(2)12-17(15-8-4-3-5-9-15)22-19(25)13-24-18-11-7-6-10-16(18)20(26)23-21(24)27/h3-11,14,17H,12-13H2,1-2H3,(H,22,25)(H,23,26,27). The second-order valence-electron chi connectivity index (χ2n) is 7.02. The van der Waals surface area contributed by atoms with Gasteiger partial charge in [0.05, 0.1) is 16.9 Å². The summed E-state index contributed by atoms with van der Waals surface area (Å²) in [6.07, 6.45) is 0.789. The molecule has 0 radical (unpaired) electrons. The number of benzene rings is 2. The minimum Gasteiger partial charge on any atom is -0.348 e. The molecule has 3 rings (SSSR count). The molecule has 1 aromatic heterocycles. The molecule has 27 heavy (non-hydrogen) atoms. The highest BCUT2D eigenvalue weighted by atomic mass is 16.2. The molecular formula is C21H23N3O3. The Bertz CT molecular complexity index is 1050. The van der Waals surface area contributed by atoms with Gasteiger partial charge in [0.15, 0.2) is 0 Å².